The molecule has 2 aliphatic heterocycles. The van der Waals surface area contributed by atoms with E-state index in [-0.39, 0.29) is 28.4 Å². The van der Waals surface area contributed by atoms with Crippen molar-refractivity contribution >= 4 is 39.3 Å². The Balaban J connectivity index is 1.51. The van der Waals surface area contributed by atoms with Gasteiger partial charge >= 0.3 is 6.09 Å². The van der Waals surface area contributed by atoms with Gasteiger partial charge in [-0.1, -0.05) is 12.2 Å². The molecule has 2 saturated heterocycles. The Bertz CT molecular complexity index is 942. The summed E-state index contributed by atoms with van der Waals surface area (Å²) in [6, 6.07) is 0.0910. The van der Waals surface area contributed by atoms with E-state index in [1.807, 2.05) is 19.1 Å². The van der Waals surface area contributed by atoms with Crippen LogP contribution in [0.15, 0.2) is 10.3 Å². The summed E-state index contributed by atoms with van der Waals surface area (Å²) >= 11 is 1.10. The van der Waals surface area contributed by atoms with Crippen molar-refractivity contribution in [2.45, 2.75) is 49.0 Å². The molecule has 0 aromatic carbocycles. The number of carbonyl (C=O) groups excluding carboxylic acids is 2. The fraction of sp³-hybridized carbons (Fsp3) is 0.579. The normalized spacial score (nSPS) is 23.1. The van der Waals surface area contributed by atoms with Crippen molar-refractivity contribution in [1.29, 1.82) is 0 Å². The molecule has 9 heteroatoms. The molecule has 4 rings (SSSR count). The maximum Gasteiger partial charge on any atom is 0.410 e. The van der Waals surface area contributed by atoms with Gasteiger partial charge in [0.15, 0.2) is 9.84 Å². The molecule has 3 heterocycles. The van der Waals surface area contributed by atoms with Crippen LogP contribution in [0.4, 0.5) is 4.79 Å². The van der Waals surface area contributed by atoms with Crippen molar-refractivity contribution in [2.24, 2.45) is 0 Å². The molecular formula is C19H24N2O5S2. The number of thiophene rings is 1. The Kier molecular flexibility index (Phi) is 4.99. The third-order valence-corrected chi connectivity index (χ3v) is 8.66. The number of amides is 2. The summed E-state index contributed by atoms with van der Waals surface area (Å²) in [7, 11) is -3.38. The second-order valence-electron chi connectivity index (χ2n) is 7.69. The predicted molar refractivity (Wildman–Crippen MR) is 106 cm³/mol. The summed E-state index contributed by atoms with van der Waals surface area (Å²) < 4.78 is 29.8. The van der Waals surface area contributed by atoms with E-state index in [0.717, 1.165) is 23.3 Å². The number of nitrogens with zero attached hydrogens (tertiary/aromatic N) is 2. The number of rotatable bonds is 3. The lowest BCUT2D eigenvalue weighted by molar-refractivity contribution is 0.0662. The zero-order valence-corrected chi connectivity index (χ0v) is 17.6. The van der Waals surface area contributed by atoms with Gasteiger partial charge < -0.3 is 14.5 Å². The molecule has 0 radical (unpaired) electrons. The van der Waals surface area contributed by atoms with Crippen LogP contribution in [0.25, 0.3) is 6.08 Å². The Morgan fingerprint density at radius 2 is 2.00 bits per heavy atom. The summed E-state index contributed by atoms with van der Waals surface area (Å²) in [6.07, 6.45) is 7.53. The second-order valence-corrected chi connectivity index (χ2v) is 10.9. The lowest BCUT2D eigenvalue weighted by Gasteiger charge is -2.35. The fourth-order valence-corrected chi connectivity index (χ4v) is 6.68. The van der Waals surface area contributed by atoms with E-state index in [1.54, 1.807) is 9.80 Å². The first-order chi connectivity index (χ1) is 13.3. The van der Waals surface area contributed by atoms with Crippen LogP contribution in [0, 0.1) is 0 Å². The van der Waals surface area contributed by atoms with Gasteiger partial charge in [-0.05, 0) is 38.2 Å². The highest BCUT2D eigenvalue weighted by molar-refractivity contribution is 7.92. The van der Waals surface area contributed by atoms with Crippen LogP contribution < -0.4 is 0 Å². The summed E-state index contributed by atoms with van der Waals surface area (Å²) in [5.74, 6) is -0.0951. The van der Waals surface area contributed by atoms with Gasteiger partial charge in [-0.25, -0.2) is 13.2 Å². The van der Waals surface area contributed by atoms with Crippen LogP contribution in [0.3, 0.4) is 0 Å². The van der Waals surface area contributed by atoms with E-state index in [0.29, 0.717) is 49.3 Å². The maximum absolute atomic E-state index is 13.2. The molecular weight excluding hydrogens is 400 g/mol. The van der Waals surface area contributed by atoms with Gasteiger partial charge in [0.25, 0.3) is 5.91 Å². The number of sulfone groups is 1. The van der Waals surface area contributed by atoms with Gasteiger partial charge in [0.2, 0.25) is 0 Å². The van der Waals surface area contributed by atoms with Crippen molar-refractivity contribution in [3.8, 4) is 0 Å². The fourth-order valence-electron chi connectivity index (χ4n) is 4.20. The van der Waals surface area contributed by atoms with Crippen LogP contribution in [0.2, 0.25) is 0 Å². The van der Waals surface area contributed by atoms with Crippen molar-refractivity contribution in [1.82, 2.24) is 9.80 Å². The monoisotopic (exact) mass is 424 g/mol. The van der Waals surface area contributed by atoms with E-state index >= 15 is 0 Å². The summed E-state index contributed by atoms with van der Waals surface area (Å²) in [5.41, 5.74) is 1.54. The first-order valence-corrected chi connectivity index (χ1v) is 12.2. The smallest absolute Gasteiger partial charge is 0.410 e. The number of ether oxygens (including phenoxy) is 1. The minimum atomic E-state index is -3.38. The molecule has 0 saturated carbocycles. The predicted octanol–water partition coefficient (Wildman–Crippen LogP) is 2.56. The van der Waals surface area contributed by atoms with Crippen LogP contribution in [0.1, 0.15) is 47.0 Å². The number of hydrogen-bond donors (Lipinski definition) is 0. The Hall–Kier alpha value is -1.87. The molecule has 1 unspecified atom stereocenters. The first kappa shape index (κ1) is 19.4. The van der Waals surface area contributed by atoms with E-state index in [9.17, 15) is 18.0 Å². The summed E-state index contributed by atoms with van der Waals surface area (Å²) in [4.78, 5) is 29.2. The molecule has 1 aromatic rings. The molecule has 2 amide bonds. The molecule has 3 aliphatic rings. The van der Waals surface area contributed by atoms with Gasteiger partial charge in [0.1, 0.15) is 10.3 Å². The second kappa shape index (κ2) is 7.18. The number of carbonyl (C=O) groups is 2. The molecule has 1 atom stereocenters. The van der Waals surface area contributed by atoms with Gasteiger partial charge in [0.05, 0.1) is 11.4 Å². The third-order valence-electron chi connectivity index (χ3n) is 5.57. The largest absolute Gasteiger partial charge is 0.444 e. The highest BCUT2D eigenvalue weighted by Crippen LogP contribution is 2.37. The highest BCUT2D eigenvalue weighted by Gasteiger charge is 2.37. The number of allylic oxidation sites excluding steroid dienone is 1. The molecule has 28 heavy (non-hydrogen) atoms. The highest BCUT2D eigenvalue weighted by atomic mass is 32.2. The zero-order chi connectivity index (χ0) is 20.1. The average Bonchev–Trinajstić information content (AvgIpc) is 3.21. The third kappa shape index (κ3) is 3.45. The molecule has 0 N–H and O–H groups in total. The average molecular weight is 425 g/mol. The lowest BCUT2D eigenvalue weighted by Crippen LogP contribution is -2.47. The standard InChI is InChI=1S/C19H24N2O5S2/c1-12-11-21(19(23)26-12)13-7-9-20(10-8-13)17(22)16-14-5-3-4-6-15(14)18(27-16)28(2,24)25/h4,6,12-13H,3,5,7-11H2,1-2H3. The zero-order valence-electron chi connectivity index (χ0n) is 16.0. The Morgan fingerprint density at radius 1 is 1.29 bits per heavy atom. The molecule has 1 aliphatic carbocycles. The van der Waals surface area contributed by atoms with Crippen LogP contribution in [0.5, 0.6) is 0 Å². The van der Waals surface area contributed by atoms with Gasteiger partial charge in [-0.2, -0.15) is 0 Å². The molecule has 7 nitrogen and oxygen atoms in total. The minimum absolute atomic E-state index is 0.0905. The summed E-state index contributed by atoms with van der Waals surface area (Å²) in [6.45, 7) is 3.58. The lowest BCUT2D eigenvalue weighted by atomic mass is 9.98. The SMILES string of the molecule is CC1CN(C2CCN(C(=O)c3sc(S(C)(=O)=O)c4c3CCC=C4)CC2)C(=O)O1. The number of likely N-dealkylation sites (tertiary alicyclic amines) is 1. The maximum atomic E-state index is 13.2. The number of cyclic esters (lactones) is 1. The number of fused-ring (bicyclic) bond motifs is 1. The van der Waals surface area contributed by atoms with Crippen molar-refractivity contribution < 1.29 is 22.7 Å². The molecule has 1 aromatic heterocycles. The van der Waals surface area contributed by atoms with Gasteiger partial charge in [-0.15, -0.1) is 11.3 Å². The van der Waals surface area contributed by atoms with E-state index < -0.39 is 9.84 Å². The van der Waals surface area contributed by atoms with Gasteiger partial charge in [0, 0.05) is 31.0 Å². The van der Waals surface area contributed by atoms with Crippen LogP contribution in [-0.4, -0.2) is 68.3 Å². The Labute approximate surface area is 168 Å². The molecule has 2 fully saturated rings. The van der Waals surface area contributed by atoms with Crippen molar-refractivity contribution in [2.75, 3.05) is 25.9 Å². The minimum Gasteiger partial charge on any atom is -0.444 e. The number of hydrogen-bond acceptors (Lipinski definition) is 6. The van der Waals surface area contributed by atoms with Gasteiger partial charge in [-0.3, -0.25) is 4.79 Å². The molecule has 0 bridgehead atoms. The van der Waals surface area contributed by atoms with Crippen LogP contribution in [-0.2, 0) is 21.0 Å². The van der Waals surface area contributed by atoms with Crippen molar-refractivity contribution in [3.63, 3.8) is 0 Å². The summed E-state index contributed by atoms with van der Waals surface area (Å²) in [5, 5.41) is 0. The topological polar surface area (TPSA) is 84.0 Å². The van der Waals surface area contributed by atoms with Crippen molar-refractivity contribution in [3.05, 3.63) is 22.1 Å². The Morgan fingerprint density at radius 3 is 2.61 bits per heavy atom. The molecule has 152 valence electrons. The number of piperidine rings is 1. The van der Waals surface area contributed by atoms with E-state index in [1.165, 1.54) is 6.26 Å². The van der Waals surface area contributed by atoms with E-state index in [2.05, 4.69) is 0 Å². The van der Waals surface area contributed by atoms with E-state index in [4.69, 9.17) is 4.74 Å². The van der Waals surface area contributed by atoms with Crippen LogP contribution >= 0.6 is 11.3 Å². The first-order valence-electron chi connectivity index (χ1n) is 9.54. The molecule has 0 spiro atoms. The quantitative estimate of drug-likeness (QED) is 0.745.